The van der Waals surface area contributed by atoms with Crippen LogP contribution in [0, 0.1) is 0 Å². The van der Waals surface area contributed by atoms with Gasteiger partial charge in [-0.05, 0) is 38.4 Å². The molecule has 1 atom stereocenters. The Morgan fingerprint density at radius 1 is 1.23 bits per heavy atom. The number of halogens is 2. The summed E-state index contributed by atoms with van der Waals surface area (Å²) in [6.07, 6.45) is 0. The maximum Gasteiger partial charge on any atom is 0.258 e. The summed E-state index contributed by atoms with van der Waals surface area (Å²) >= 11 is 9.42. The first-order valence-electron chi connectivity index (χ1n) is 8.06. The van der Waals surface area contributed by atoms with Gasteiger partial charge in [-0.1, -0.05) is 45.7 Å². The summed E-state index contributed by atoms with van der Waals surface area (Å²) in [6.45, 7) is 0.330. The number of nitrogens with zero attached hydrogens (tertiary/aromatic N) is 1. The minimum atomic E-state index is -0.217. The van der Waals surface area contributed by atoms with Gasteiger partial charge in [0.1, 0.15) is 11.5 Å². The number of methoxy groups -OCH3 is 1. The third kappa shape index (κ3) is 5.62. The van der Waals surface area contributed by atoms with Gasteiger partial charge in [-0.25, -0.2) is 0 Å². The fourth-order valence-electron chi connectivity index (χ4n) is 2.51. The molecule has 0 aliphatic carbocycles. The van der Waals surface area contributed by atoms with Crippen LogP contribution in [0.4, 0.5) is 0 Å². The number of amides is 1. The smallest absolute Gasteiger partial charge is 0.258 e. The van der Waals surface area contributed by atoms with Gasteiger partial charge in [0.15, 0.2) is 6.61 Å². The highest BCUT2D eigenvalue weighted by Crippen LogP contribution is 2.28. The third-order valence-corrected chi connectivity index (χ3v) is 4.66. The second kappa shape index (κ2) is 9.80. The summed E-state index contributed by atoms with van der Waals surface area (Å²) in [5, 5.41) is 3.35. The molecule has 0 fully saturated rings. The first kappa shape index (κ1) is 20.6. The normalized spacial score (nSPS) is 11.9. The van der Waals surface area contributed by atoms with E-state index in [1.807, 2.05) is 49.3 Å². The van der Waals surface area contributed by atoms with Crippen molar-refractivity contribution in [3.8, 4) is 11.5 Å². The van der Waals surface area contributed by atoms with E-state index in [1.54, 1.807) is 19.2 Å². The van der Waals surface area contributed by atoms with Gasteiger partial charge in [0, 0.05) is 16.6 Å². The minimum absolute atomic E-state index is 0.0219. The fraction of sp³-hybridized carbons (Fsp3) is 0.316. The van der Waals surface area contributed by atoms with E-state index in [2.05, 4.69) is 21.2 Å². The molecule has 140 valence electrons. The van der Waals surface area contributed by atoms with Crippen LogP contribution in [0.15, 0.2) is 46.9 Å². The molecule has 0 radical (unpaired) electrons. The van der Waals surface area contributed by atoms with E-state index in [1.165, 1.54) is 0 Å². The molecule has 0 aliphatic heterocycles. The number of carbonyl (C=O) groups is 1. The number of carbonyl (C=O) groups excluding carboxylic acids is 1. The first-order chi connectivity index (χ1) is 12.4. The molecule has 2 rings (SSSR count). The SMILES string of the molecule is COc1ccccc1C(CNC(=O)COc1ccc(Br)cc1Cl)N(C)C. The van der Waals surface area contributed by atoms with Crippen molar-refractivity contribution in [1.29, 1.82) is 0 Å². The van der Waals surface area contributed by atoms with E-state index in [0.717, 1.165) is 15.8 Å². The van der Waals surface area contributed by atoms with Crippen molar-refractivity contribution in [3.63, 3.8) is 0 Å². The zero-order valence-corrected chi connectivity index (χ0v) is 17.3. The largest absolute Gasteiger partial charge is 0.496 e. The number of benzene rings is 2. The summed E-state index contributed by atoms with van der Waals surface area (Å²) < 4.78 is 11.8. The summed E-state index contributed by atoms with van der Waals surface area (Å²) in [5.74, 6) is 1.04. The van der Waals surface area contributed by atoms with Crippen molar-refractivity contribution in [2.24, 2.45) is 0 Å². The first-order valence-corrected chi connectivity index (χ1v) is 9.23. The molecule has 0 saturated heterocycles. The molecule has 1 N–H and O–H groups in total. The van der Waals surface area contributed by atoms with E-state index in [-0.39, 0.29) is 18.6 Å². The Morgan fingerprint density at radius 3 is 2.62 bits per heavy atom. The summed E-state index contributed by atoms with van der Waals surface area (Å²) in [5.41, 5.74) is 1.01. The fourth-order valence-corrected chi connectivity index (χ4v) is 3.24. The summed E-state index contributed by atoms with van der Waals surface area (Å²) in [6, 6.07) is 13.0. The van der Waals surface area contributed by atoms with E-state index < -0.39 is 0 Å². The van der Waals surface area contributed by atoms with Gasteiger partial charge in [0.25, 0.3) is 5.91 Å². The Kier molecular flexibility index (Phi) is 7.75. The minimum Gasteiger partial charge on any atom is -0.496 e. The highest BCUT2D eigenvalue weighted by Gasteiger charge is 2.19. The zero-order valence-electron chi connectivity index (χ0n) is 15.0. The van der Waals surface area contributed by atoms with Gasteiger partial charge < -0.3 is 19.7 Å². The van der Waals surface area contributed by atoms with Crippen LogP contribution in [0.3, 0.4) is 0 Å². The third-order valence-electron chi connectivity index (χ3n) is 3.87. The average Bonchev–Trinajstić information content (AvgIpc) is 2.61. The van der Waals surface area contributed by atoms with Gasteiger partial charge in [-0.15, -0.1) is 0 Å². The molecule has 5 nitrogen and oxygen atoms in total. The molecule has 0 aliphatic rings. The molecule has 7 heteroatoms. The Balaban J connectivity index is 1.95. The highest BCUT2D eigenvalue weighted by atomic mass is 79.9. The predicted molar refractivity (Wildman–Crippen MR) is 107 cm³/mol. The summed E-state index contributed by atoms with van der Waals surface area (Å²) in [7, 11) is 5.56. The van der Waals surface area contributed by atoms with Crippen molar-refractivity contribution < 1.29 is 14.3 Å². The molecule has 0 bridgehead atoms. The molecule has 2 aromatic carbocycles. The molecule has 0 spiro atoms. The monoisotopic (exact) mass is 440 g/mol. The van der Waals surface area contributed by atoms with Gasteiger partial charge in [-0.3, -0.25) is 4.79 Å². The number of hydrogen-bond donors (Lipinski definition) is 1. The Morgan fingerprint density at radius 2 is 1.96 bits per heavy atom. The van der Waals surface area contributed by atoms with E-state index in [0.29, 0.717) is 17.3 Å². The number of likely N-dealkylation sites (N-methyl/N-ethyl adjacent to an activating group) is 1. The van der Waals surface area contributed by atoms with E-state index in [9.17, 15) is 4.79 Å². The van der Waals surface area contributed by atoms with Crippen LogP contribution in [0.1, 0.15) is 11.6 Å². The van der Waals surface area contributed by atoms with Crippen molar-refractivity contribution in [2.45, 2.75) is 6.04 Å². The average molecular weight is 442 g/mol. The molecule has 0 heterocycles. The van der Waals surface area contributed by atoms with Gasteiger partial charge in [0.2, 0.25) is 0 Å². The van der Waals surface area contributed by atoms with Crippen LogP contribution in [-0.4, -0.2) is 45.2 Å². The quantitative estimate of drug-likeness (QED) is 0.675. The topological polar surface area (TPSA) is 50.8 Å². The van der Waals surface area contributed by atoms with Gasteiger partial charge in [-0.2, -0.15) is 0 Å². The van der Waals surface area contributed by atoms with Crippen LogP contribution >= 0.6 is 27.5 Å². The Labute approximate surface area is 167 Å². The molecular formula is C19H22BrClN2O3. The lowest BCUT2D eigenvalue weighted by Gasteiger charge is -2.26. The van der Waals surface area contributed by atoms with Crippen LogP contribution in [-0.2, 0) is 4.79 Å². The van der Waals surface area contributed by atoms with E-state index >= 15 is 0 Å². The number of ether oxygens (including phenoxy) is 2. The maximum absolute atomic E-state index is 12.2. The number of hydrogen-bond acceptors (Lipinski definition) is 4. The van der Waals surface area contributed by atoms with Crippen molar-refractivity contribution in [2.75, 3.05) is 34.4 Å². The molecule has 0 aromatic heterocycles. The molecule has 26 heavy (non-hydrogen) atoms. The maximum atomic E-state index is 12.2. The lowest BCUT2D eigenvalue weighted by molar-refractivity contribution is -0.123. The van der Waals surface area contributed by atoms with Crippen molar-refractivity contribution in [3.05, 3.63) is 57.5 Å². The van der Waals surface area contributed by atoms with Crippen LogP contribution in [0.25, 0.3) is 0 Å². The van der Waals surface area contributed by atoms with Crippen LogP contribution in [0.2, 0.25) is 5.02 Å². The van der Waals surface area contributed by atoms with Gasteiger partial charge >= 0.3 is 0 Å². The number of nitrogens with one attached hydrogen (secondary N) is 1. The highest BCUT2D eigenvalue weighted by molar-refractivity contribution is 9.10. The molecule has 1 amide bonds. The van der Waals surface area contributed by atoms with Crippen LogP contribution < -0.4 is 14.8 Å². The zero-order chi connectivity index (χ0) is 19.1. The van der Waals surface area contributed by atoms with Crippen molar-refractivity contribution >= 4 is 33.4 Å². The Bertz CT molecular complexity index is 755. The predicted octanol–water partition coefficient (Wildman–Crippen LogP) is 3.91. The lowest BCUT2D eigenvalue weighted by Crippen LogP contribution is -2.37. The molecule has 1 unspecified atom stereocenters. The Hall–Kier alpha value is -1.76. The molecular weight excluding hydrogens is 420 g/mol. The molecule has 2 aromatic rings. The standard InChI is InChI=1S/C19H22BrClN2O3/c1-23(2)16(14-6-4-5-7-17(14)25-3)11-22-19(24)12-26-18-9-8-13(20)10-15(18)21/h4-10,16H,11-12H2,1-3H3,(H,22,24). The second-order valence-electron chi connectivity index (χ2n) is 5.89. The number of rotatable bonds is 8. The van der Waals surface area contributed by atoms with E-state index in [4.69, 9.17) is 21.1 Å². The molecule has 0 saturated carbocycles. The lowest BCUT2D eigenvalue weighted by atomic mass is 10.0. The second-order valence-corrected chi connectivity index (χ2v) is 7.21. The summed E-state index contributed by atoms with van der Waals surface area (Å²) in [4.78, 5) is 14.2. The number of para-hydroxylation sites is 1. The van der Waals surface area contributed by atoms with Crippen LogP contribution in [0.5, 0.6) is 11.5 Å². The van der Waals surface area contributed by atoms with Crippen molar-refractivity contribution in [1.82, 2.24) is 10.2 Å². The van der Waals surface area contributed by atoms with Gasteiger partial charge in [0.05, 0.1) is 18.2 Å².